The van der Waals surface area contributed by atoms with Crippen molar-refractivity contribution in [2.24, 2.45) is 4.99 Å². The van der Waals surface area contributed by atoms with Crippen LogP contribution in [-0.4, -0.2) is 35.1 Å². The van der Waals surface area contributed by atoms with E-state index in [1.807, 2.05) is 85.7 Å². The van der Waals surface area contributed by atoms with Gasteiger partial charge in [0.15, 0.2) is 5.17 Å². The van der Waals surface area contributed by atoms with E-state index in [1.54, 1.807) is 0 Å². The predicted octanol–water partition coefficient (Wildman–Crippen LogP) is 5.32. The van der Waals surface area contributed by atoms with Crippen molar-refractivity contribution in [3.63, 3.8) is 0 Å². The molecule has 188 valence electrons. The van der Waals surface area contributed by atoms with Gasteiger partial charge in [0.25, 0.3) is 0 Å². The van der Waals surface area contributed by atoms with Gasteiger partial charge >= 0.3 is 5.97 Å². The first kappa shape index (κ1) is 25.6. The molecular weight excluding hydrogens is 474 g/mol. The highest BCUT2D eigenvalue weighted by molar-refractivity contribution is 8.16. The minimum absolute atomic E-state index is 0.0353. The van der Waals surface area contributed by atoms with Crippen molar-refractivity contribution in [2.45, 2.75) is 52.3 Å². The number of thioether (sulfide) groups is 1. The third-order valence-electron chi connectivity index (χ3n) is 5.84. The van der Waals surface area contributed by atoms with Gasteiger partial charge in [-0.3, -0.25) is 4.79 Å². The second-order valence-electron chi connectivity index (χ2n) is 8.85. The Labute approximate surface area is 216 Å². The minimum Gasteiger partial charge on any atom is -0.489 e. The Morgan fingerprint density at radius 3 is 2.61 bits per heavy atom. The summed E-state index contributed by atoms with van der Waals surface area (Å²) in [5, 5.41) is 5.63. The molecule has 0 fully saturated rings. The van der Waals surface area contributed by atoms with E-state index >= 15 is 0 Å². The molecule has 1 amide bonds. The van der Waals surface area contributed by atoms with Gasteiger partial charge in [-0.1, -0.05) is 61.2 Å². The van der Waals surface area contributed by atoms with Gasteiger partial charge in [-0.05, 0) is 48.9 Å². The molecule has 0 aromatic heterocycles. The predicted molar refractivity (Wildman–Crippen MR) is 142 cm³/mol. The summed E-state index contributed by atoms with van der Waals surface area (Å²) in [6, 6.07) is 17.2. The molecule has 1 atom stereocenters. The van der Waals surface area contributed by atoms with Gasteiger partial charge in [-0.15, -0.1) is 0 Å². The number of methoxy groups -OCH3 is 1. The molecule has 0 aliphatic carbocycles. The molecule has 2 heterocycles. The number of hydrogen-bond donors (Lipinski definition) is 1. The van der Waals surface area contributed by atoms with Crippen molar-refractivity contribution < 1.29 is 19.1 Å². The summed E-state index contributed by atoms with van der Waals surface area (Å²) in [7, 11) is 1.38. The fourth-order valence-corrected chi connectivity index (χ4v) is 5.22. The first-order valence-corrected chi connectivity index (χ1v) is 12.9. The normalized spacial score (nSPS) is 16.9. The van der Waals surface area contributed by atoms with Gasteiger partial charge in [0.05, 0.1) is 30.8 Å². The lowest BCUT2D eigenvalue weighted by Crippen LogP contribution is -2.38. The topological polar surface area (TPSA) is 80.2 Å². The second-order valence-corrected chi connectivity index (χ2v) is 9.68. The van der Waals surface area contributed by atoms with Crippen molar-refractivity contribution in [3.05, 3.63) is 88.1 Å². The van der Waals surface area contributed by atoms with E-state index in [2.05, 4.69) is 5.32 Å². The van der Waals surface area contributed by atoms with Gasteiger partial charge in [0.1, 0.15) is 12.4 Å². The van der Waals surface area contributed by atoms with Crippen LogP contribution in [0.15, 0.2) is 82.0 Å². The Hall–Kier alpha value is -3.52. The van der Waals surface area contributed by atoms with Crippen molar-refractivity contribution >= 4 is 28.8 Å². The molecule has 0 saturated heterocycles. The monoisotopic (exact) mass is 505 g/mol. The number of allylic oxidation sites excluding steroid dienone is 1. The Balaban J connectivity index is 1.70. The van der Waals surface area contributed by atoms with E-state index in [0.29, 0.717) is 30.0 Å². The summed E-state index contributed by atoms with van der Waals surface area (Å²) >= 11 is 1.46. The Kier molecular flexibility index (Phi) is 8.15. The molecule has 7 nitrogen and oxygen atoms in total. The quantitative estimate of drug-likeness (QED) is 0.465. The van der Waals surface area contributed by atoms with Crippen molar-refractivity contribution in [1.82, 2.24) is 10.2 Å². The zero-order valence-electron chi connectivity index (χ0n) is 21.0. The van der Waals surface area contributed by atoms with Crippen LogP contribution in [0.1, 0.15) is 50.8 Å². The molecule has 4 rings (SSSR count). The molecule has 0 bridgehead atoms. The smallest absolute Gasteiger partial charge is 0.338 e. The van der Waals surface area contributed by atoms with Gasteiger partial charge < -0.3 is 19.7 Å². The Morgan fingerprint density at radius 1 is 1.14 bits per heavy atom. The second kappa shape index (κ2) is 11.5. The van der Waals surface area contributed by atoms with Crippen molar-refractivity contribution in [3.8, 4) is 5.75 Å². The number of amides is 1. The average molecular weight is 506 g/mol. The molecular formula is C28H31N3O4S. The summed E-state index contributed by atoms with van der Waals surface area (Å²) in [5.41, 5.74) is 3.87. The van der Waals surface area contributed by atoms with Gasteiger partial charge in [-0.2, -0.15) is 0 Å². The lowest BCUT2D eigenvalue weighted by atomic mass is 9.92. The SMILES string of the molecule is CCC1=C(C(=O)OC)[C@@H](c2cccc(OCc3ccccc3)c2)N2C(CC(=O)NC(C)C)=CSC2=N1. The lowest BCUT2D eigenvalue weighted by Gasteiger charge is -2.36. The maximum atomic E-state index is 13.1. The Morgan fingerprint density at radius 2 is 1.92 bits per heavy atom. The highest BCUT2D eigenvalue weighted by Crippen LogP contribution is 2.45. The number of aliphatic imine (C=N–C) groups is 1. The maximum absolute atomic E-state index is 13.1. The fraction of sp³-hybridized carbons (Fsp3) is 0.321. The van der Waals surface area contributed by atoms with E-state index in [1.165, 1.54) is 18.9 Å². The van der Waals surface area contributed by atoms with E-state index in [-0.39, 0.29) is 18.4 Å². The van der Waals surface area contributed by atoms with Gasteiger partial charge in [0, 0.05) is 11.7 Å². The first-order chi connectivity index (χ1) is 17.4. The number of carbonyl (C=O) groups is 2. The first-order valence-electron chi connectivity index (χ1n) is 12.0. The molecule has 36 heavy (non-hydrogen) atoms. The van der Waals surface area contributed by atoms with E-state index in [0.717, 1.165) is 22.0 Å². The van der Waals surface area contributed by atoms with Crippen molar-refractivity contribution in [1.29, 1.82) is 0 Å². The zero-order valence-corrected chi connectivity index (χ0v) is 21.8. The third-order valence-corrected chi connectivity index (χ3v) is 6.73. The number of ether oxygens (including phenoxy) is 2. The number of hydrogen-bond acceptors (Lipinski definition) is 7. The summed E-state index contributed by atoms with van der Waals surface area (Å²) in [6.45, 7) is 6.26. The third kappa shape index (κ3) is 5.65. The van der Waals surface area contributed by atoms with Crippen LogP contribution in [0.5, 0.6) is 5.75 Å². The largest absolute Gasteiger partial charge is 0.489 e. The lowest BCUT2D eigenvalue weighted by molar-refractivity contribution is -0.136. The highest BCUT2D eigenvalue weighted by atomic mass is 32.2. The number of nitrogens with one attached hydrogen (secondary N) is 1. The number of nitrogens with zero attached hydrogens (tertiary/aromatic N) is 2. The zero-order chi connectivity index (χ0) is 25.7. The summed E-state index contributed by atoms with van der Waals surface area (Å²) in [4.78, 5) is 32.5. The molecule has 2 aliphatic heterocycles. The van der Waals surface area contributed by atoms with Crippen LogP contribution in [0.2, 0.25) is 0 Å². The van der Waals surface area contributed by atoms with E-state index in [4.69, 9.17) is 14.5 Å². The van der Waals surface area contributed by atoms with Crippen LogP contribution in [0.3, 0.4) is 0 Å². The number of esters is 1. The molecule has 2 aromatic carbocycles. The standard InChI is InChI=1S/C28H31N3O4S/c1-5-23-25(27(33)34-4)26(31-21(17-36-28(31)30-23)15-24(32)29-18(2)3)20-12-9-13-22(14-20)35-16-19-10-7-6-8-11-19/h6-14,17-18,26H,5,15-16H2,1-4H3,(H,29,32)/t26-/m1/s1. The van der Waals surface area contributed by atoms with Crippen LogP contribution in [0.25, 0.3) is 0 Å². The van der Waals surface area contributed by atoms with E-state index in [9.17, 15) is 9.59 Å². The molecule has 2 aliphatic rings. The van der Waals surface area contributed by atoms with Crippen LogP contribution < -0.4 is 10.1 Å². The maximum Gasteiger partial charge on any atom is 0.338 e. The molecule has 0 saturated carbocycles. The van der Waals surface area contributed by atoms with Crippen molar-refractivity contribution in [2.75, 3.05) is 7.11 Å². The van der Waals surface area contributed by atoms with Crippen LogP contribution >= 0.6 is 11.8 Å². The Bertz CT molecular complexity index is 1220. The summed E-state index contributed by atoms with van der Waals surface area (Å²) in [6.07, 6.45) is 0.757. The molecule has 0 spiro atoms. The van der Waals surface area contributed by atoms with Crippen LogP contribution in [0.4, 0.5) is 0 Å². The number of rotatable bonds is 9. The minimum atomic E-state index is -0.492. The number of amidine groups is 1. The summed E-state index contributed by atoms with van der Waals surface area (Å²) in [5.74, 6) is 0.178. The highest BCUT2D eigenvalue weighted by Gasteiger charge is 2.41. The van der Waals surface area contributed by atoms with Crippen LogP contribution in [-0.2, 0) is 20.9 Å². The molecule has 0 radical (unpaired) electrons. The average Bonchev–Trinajstić information content (AvgIpc) is 3.28. The molecule has 8 heteroatoms. The number of carbonyl (C=O) groups excluding carboxylic acids is 2. The molecule has 0 unspecified atom stereocenters. The number of fused-ring (bicyclic) bond motifs is 1. The summed E-state index contributed by atoms with van der Waals surface area (Å²) < 4.78 is 11.3. The van der Waals surface area contributed by atoms with Gasteiger partial charge in [-0.25, -0.2) is 9.79 Å². The van der Waals surface area contributed by atoms with E-state index < -0.39 is 12.0 Å². The molecule has 2 aromatic rings. The van der Waals surface area contributed by atoms with Gasteiger partial charge in [0.2, 0.25) is 5.91 Å². The number of benzene rings is 2. The van der Waals surface area contributed by atoms with Crippen LogP contribution in [0, 0.1) is 0 Å². The fourth-order valence-electron chi connectivity index (χ4n) is 4.28. The molecule has 1 N–H and O–H groups in total.